The molecule has 1 aromatic heterocycles. The number of sulfonamides is 1. The molecule has 0 saturated carbocycles. The lowest BCUT2D eigenvalue weighted by Crippen LogP contribution is -2.30. The van der Waals surface area contributed by atoms with Crippen molar-refractivity contribution in [3.05, 3.63) is 52.3 Å². The summed E-state index contributed by atoms with van der Waals surface area (Å²) in [6.45, 7) is 3.58. The first-order chi connectivity index (χ1) is 12.6. The van der Waals surface area contributed by atoms with Gasteiger partial charge in [-0.1, -0.05) is 17.7 Å². The van der Waals surface area contributed by atoms with Crippen LogP contribution in [-0.2, 0) is 16.6 Å². The molecule has 0 unspecified atom stereocenters. The number of rotatable bonds is 5. The molecule has 0 radical (unpaired) electrons. The first-order valence-electron chi connectivity index (χ1n) is 7.99. The predicted molar refractivity (Wildman–Crippen MR) is 98.2 cm³/mol. The fraction of sp³-hybridized carbons (Fsp3) is 0.235. The van der Waals surface area contributed by atoms with Gasteiger partial charge in [-0.2, -0.15) is 0 Å². The first-order valence-corrected chi connectivity index (χ1v) is 9.85. The lowest BCUT2D eigenvalue weighted by atomic mass is 10.3. The number of amides is 1. The third-order valence-corrected chi connectivity index (χ3v) is 6.03. The molecule has 6 nitrogen and oxygen atoms in total. The Morgan fingerprint density at radius 3 is 2.59 bits per heavy atom. The summed E-state index contributed by atoms with van der Waals surface area (Å²) < 4.78 is 55.6. The summed E-state index contributed by atoms with van der Waals surface area (Å²) in [5.74, 6) is -2.90. The number of halogens is 3. The predicted octanol–water partition coefficient (Wildman–Crippen LogP) is 3.39. The van der Waals surface area contributed by atoms with E-state index in [2.05, 4.69) is 10.0 Å². The van der Waals surface area contributed by atoms with Gasteiger partial charge in [-0.05, 0) is 32.1 Å². The van der Waals surface area contributed by atoms with Crippen LogP contribution in [0.2, 0.25) is 5.02 Å². The van der Waals surface area contributed by atoms with Crippen molar-refractivity contribution in [2.75, 3.05) is 5.32 Å². The molecule has 0 aliphatic carbocycles. The Morgan fingerprint density at radius 1 is 1.26 bits per heavy atom. The van der Waals surface area contributed by atoms with Crippen molar-refractivity contribution in [1.82, 2.24) is 9.29 Å². The second kappa shape index (κ2) is 7.06. The highest BCUT2D eigenvalue weighted by Gasteiger charge is 2.33. The van der Waals surface area contributed by atoms with E-state index in [0.29, 0.717) is 0 Å². The molecule has 1 aliphatic rings. The summed E-state index contributed by atoms with van der Waals surface area (Å²) in [7, 11) is -3.96. The molecule has 0 saturated heterocycles. The molecular formula is C17H16ClF2N3O3S. The molecule has 0 atom stereocenters. The fourth-order valence-corrected chi connectivity index (χ4v) is 4.93. The SMILES string of the molecule is CC(C)NS(=O)(=O)c1c(Cl)c(C(=O)Nc2ccc(F)c(F)c2)n2c1C=CC2. The second-order valence-electron chi connectivity index (χ2n) is 6.25. The van der Waals surface area contributed by atoms with Crippen LogP contribution in [0.1, 0.15) is 30.0 Å². The third-order valence-electron chi connectivity index (χ3n) is 3.82. The van der Waals surface area contributed by atoms with Crippen LogP contribution in [0.4, 0.5) is 14.5 Å². The molecule has 2 heterocycles. The van der Waals surface area contributed by atoms with Crippen LogP contribution in [0.15, 0.2) is 29.2 Å². The number of aromatic nitrogens is 1. The Hall–Kier alpha value is -2.23. The average molecular weight is 416 g/mol. The summed E-state index contributed by atoms with van der Waals surface area (Å²) in [5.41, 5.74) is 0.218. The molecule has 10 heteroatoms. The van der Waals surface area contributed by atoms with Crippen LogP contribution >= 0.6 is 11.6 Å². The highest BCUT2D eigenvalue weighted by atomic mass is 35.5. The van der Waals surface area contributed by atoms with E-state index < -0.39 is 27.6 Å². The summed E-state index contributed by atoms with van der Waals surface area (Å²) in [5, 5.41) is 2.17. The molecule has 0 bridgehead atoms. The minimum Gasteiger partial charge on any atom is -0.331 e. The Morgan fingerprint density at radius 2 is 1.96 bits per heavy atom. The Bertz CT molecular complexity index is 1060. The van der Waals surface area contributed by atoms with E-state index in [4.69, 9.17) is 11.6 Å². The Labute approximate surface area is 159 Å². The maximum Gasteiger partial charge on any atom is 0.273 e. The van der Waals surface area contributed by atoms with Crippen molar-refractivity contribution < 1.29 is 22.0 Å². The molecule has 0 spiro atoms. The van der Waals surface area contributed by atoms with E-state index in [1.807, 2.05) is 0 Å². The number of hydrogen-bond acceptors (Lipinski definition) is 3. The van der Waals surface area contributed by atoms with Crippen LogP contribution in [0, 0.1) is 11.6 Å². The lowest BCUT2D eigenvalue weighted by molar-refractivity contribution is 0.101. The van der Waals surface area contributed by atoms with Crippen LogP contribution in [0.5, 0.6) is 0 Å². The highest BCUT2D eigenvalue weighted by Crippen LogP contribution is 2.36. The number of benzene rings is 1. The van der Waals surface area contributed by atoms with Crippen molar-refractivity contribution in [2.24, 2.45) is 0 Å². The van der Waals surface area contributed by atoms with Gasteiger partial charge in [-0.3, -0.25) is 4.79 Å². The van der Waals surface area contributed by atoms with Gasteiger partial charge in [-0.25, -0.2) is 21.9 Å². The molecular weight excluding hydrogens is 400 g/mol. The van der Waals surface area contributed by atoms with Gasteiger partial charge >= 0.3 is 0 Å². The number of carbonyl (C=O) groups is 1. The van der Waals surface area contributed by atoms with Gasteiger partial charge in [0, 0.05) is 24.3 Å². The number of nitrogens with zero attached hydrogens (tertiary/aromatic N) is 1. The number of carbonyl (C=O) groups excluding carboxylic acids is 1. The van der Waals surface area contributed by atoms with Gasteiger partial charge < -0.3 is 9.88 Å². The van der Waals surface area contributed by atoms with Crippen LogP contribution in [0.3, 0.4) is 0 Å². The van der Waals surface area contributed by atoms with E-state index in [0.717, 1.165) is 12.1 Å². The monoisotopic (exact) mass is 415 g/mol. The topological polar surface area (TPSA) is 80.2 Å². The standard InChI is InChI=1S/C17H16ClF2N3O3S/c1-9(2)22-27(25,26)16-13-4-3-7-23(13)15(14(16)18)17(24)21-10-5-6-11(19)12(20)8-10/h3-6,8-9,22H,7H2,1-2H3,(H,21,24). The van der Waals surface area contributed by atoms with E-state index in [-0.39, 0.29) is 39.6 Å². The van der Waals surface area contributed by atoms with Gasteiger partial charge in [0.1, 0.15) is 10.6 Å². The van der Waals surface area contributed by atoms with E-state index in [1.165, 1.54) is 10.6 Å². The average Bonchev–Trinajstić information content (AvgIpc) is 3.08. The summed E-state index contributed by atoms with van der Waals surface area (Å²) in [6.07, 6.45) is 3.25. The molecule has 0 fully saturated rings. The number of nitrogens with one attached hydrogen (secondary N) is 2. The van der Waals surface area contributed by atoms with Crippen LogP contribution in [-0.4, -0.2) is 24.9 Å². The molecule has 1 amide bonds. The largest absolute Gasteiger partial charge is 0.331 e. The summed E-state index contributed by atoms with van der Waals surface area (Å²) >= 11 is 6.26. The smallest absolute Gasteiger partial charge is 0.273 e. The van der Waals surface area contributed by atoms with Gasteiger partial charge in [0.2, 0.25) is 10.0 Å². The Kier molecular flexibility index (Phi) is 5.11. The minimum absolute atomic E-state index is 0.0150. The van der Waals surface area contributed by atoms with E-state index in [1.54, 1.807) is 26.0 Å². The third kappa shape index (κ3) is 3.62. The van der Waals surface area contributed by atoms with E-state index in [9.17, 15) is 22.0 Å². The van der Waals surface area contributed by atoms with Crippen LogP contribution in [0.25, 0.3) is 6.08 Å². The zero-order valence-electron chi connectivity index (χ0n) is 14.4. The molecule has 27 heavy (non-hydrogen) atoms. The molecule has 2 N–H and O–H groups in total. The second-order valence-corrected chi connectivity index (χ2v) is 8.28. The number of hydrogen-bond donors (Lipinski definition) is 2. The van der Waals surface area contributed by atoms with E-state index >= 15 is 0 Å². The molecule has 3 rings (SSSR count). The van der Waals surface area contributed by atoms with Crippen molar-refractivity contribution >= 4 is 39.3 Å². The van der Waals surface area contributed by atoms with Crippen molar-refractivity contribution in [1.29, 1.82) is 0 Å². The number of allylic oxidation sites excluding steroid dienone is 1. The summed E-state index contributed by atoms with van der Waals surface area (Å²) in [6, 6.07) is 2.52. The molecule has 144 valence electrons. The highest BCUT2D eigenvalue weighted by molar-refractivity contribution is 7.89. The Balaban J connectivity index is 2.03. The number of anilines is 1. The fourth-order valence-electron chi connectivity index (χ4n) is 2.82. The zero-order chi connectivity index (χ0) is 19.9. The summed E-state index contributed by atoms with van der Waals surface area (Å²) in [4.78, 5) is 12.5. The normalized spacial score (nSPS) is 13.3. The molecule has 2 aromatic rings. The van der Waals surface area contributed by atoms with Gasteiger partial charge in [0.25, 0.3) is 5.91 Å². The van der Waals surface area contributed by atoms with Crippen molar-refractivity contribution in [3.8, 4) is 0 Å². The molecule has 1 aromatic carbocycles. The quantitative estimate of drug-likeness (QED) is 0.785. The number of fused-ring (bicyclic) bond motifs is 1. The molecule has 1 aliphatic heterocycles. The van der Waals surface area contributed by atoms with Gasteiger partial charge in [0.05, 0.1) is 10.7 Å². The minimum atomic E-state index is -3.96. The first kappa shape index (κ1) is 19.5. The van der Waals surface area contributed by atoms with Crippen LogP contribution < -0.4 is 10.0 Å². The van der Waals surface area contributed by atoms with Crippen molar-refractivity contribution in [3.63, 3.8) is 0 Å². The van der Waals surface area contributed by atoms with Crippen molar-refractivity contribution in [2.45, 2.75) is 31.3 Å². The van der Waals surface area contributed by atoms with Gasteiger partial charge in [0.15, 0.2) is 11.6 Å². The van der Waals surface area contributed by atoms with Gasteiger partial charge in [-0.15, -0.1) is 0 Å². The maximum absolute atomic E-state index is 13.4. The zero-order valence-corrected chi connectivity index (χ0v) is 16.0. The lowest BCUT2D eigenvalue weighted by Gasteiger charge is -2.09. The maximum atomic E-state index is 13.4.